The molecule has 2 amide bonds. The van der Waals surface area contributed by atoms with Crippen LogP contribution in [-0.4, -0.2) is 38.5 Å². The summed E-state index contributed by atoms with van der Waals surface area (Å²) < 4.78 is 9.74. The highest BCUT2D eigenvalue weighted by Crippen LogP contribution is 2.27. The number of nitrogens with one attached hydrogen (secondary N) is 1. The SMILES string of the molecule is COC(=O)c1cccc(N(CC(=O)Nc2ccc(OC)c(Cl)c2)C(C)=O)c1. The van der Waals surface area contributed by atoms with Gasteiger partial charge in [0.25, 0.3) is 0 Å². The van der Waals surface area contributed by atoms with Gasteiger partial charge in [-0.05, 0) is 36.4 Å². The van der Waals surface area contributed by atoms with E-state index in [2.05, 4.69) is 10.1 Å². The number of hydrogen-bond donors (Lipinski definition) is 1. The molecule has 0 heterocycles. The predicted molar refractivity (Wildman–Crippen MR) is 102 cm³/mol. The summed E-state index contributed by atoms with van der Waals surface area (Å²) >= 11 is 6.04. The second-order valence-electron chi connectivity index (χ2n) is 5.54. The Balaban J connectivity index is 2.16. The molecule has 2 aromatic carbocycles. The van der Waals surface area contributed by atoms with Crippen LogP contribution in [0.1, 0.15) is 17.3 Å². The molecule has 0 fully saturated rings. The maximum absolute atomic E-state index is 12.4. The van der Waals surface area contributed by atoms with Crippen LogP contribution < -0.4 is 15.0 Å². The fourth-order valence-corrected chi connectivity index (χ4v) is 2.65. The third-order valence-electron chi connectivity index (χ3n) is 3.70. The van der Waals surface area contributed by atoms with Crippen LogP contribution in [0.5, 0.6) is 5.75 Å². The molecule has 0 saturated heterocycles. The number of anilines is 2. The molecule has 2 rings (SSSR count). The van der Waals surface area contributed by atoms with Gasteiger partial charge in [-0.2, -0.15) is 0 Å². The number of benzene rings is 2. The molecule has 0 saturated carbocycles. The van der Waals surface area contributed by atoms with Gasteiger partial charge in [-0.15, -0.1) is 0 Å². The number of carbonyl (C=O) groups is 3. The molecule has 0 unspecified atom stereocenters. The molecule has 0 aliphatic heterocycles. The number of esters is 1. The van der Waals surface area contributed by atoms with Crippen LogP contribution in [0.15, 0.2) is 42.5 Å². The second-order valence-corrected chi connectivity index (χ2v) is 5.95. The molecule has 0 atom stereocenters. The normalized spacial score (nSPS) is 10.1. The highest BCUT2D eigenvalue weighted by atomic mass is 35.5. The van der Waals surface area contributed by atoms with E-state index >= 15 is 0 Å². The quantitative estimate of drug-likeness (QED) is 0.766. The predicted octanol–water partition coefficient (Wildman–Crippen LogP) is 3.13. The minimum atomic E-state index is -0.530. The summed E-state index contributed by atoms with van der Waals surface area (Å²) in [6.45, 7) is 1.10. The molecule has 7 nitrogen and oxygen atoms in total. The lowest BCUT2D eigenvalue weighted by Crippen LogP contribution is -2.36. The van der Waals surface area contributed by atoms with E-state index in [4.69, 9.17) is 16.3 Å². The topological polar surface area (TPSA) is 84.9 Å². The van der Waals surface area contributed by atoms with E-state index in [1.165, 1.54) is 32.1 Å². The molecule has 0 bridgehead atoms. The van der Waals surface area contributed by atoms with Crippen molar-refractivity contribution >= 4 is 40.8 Å². The number of hydrogen-bond acceptors (Lipinski definition) is 5. The summed E-state index contributed by atoms with van der Waals surface area (Å²) in [6.07, 6.45) is 0. The van der Waals surface area contributed by atoms with Crippen LogP contribution in [-0.2, 0) is 14.3 Å². The zero-order valence-corrected chi connectivity index (χ0v) is 15.9. The van der Waals surface area contributed by atoms with Gasteiger partial charge < -0.3 is 19.7 Å². The lowest BCUT2D eigenvalue weighted by atomic mass is 10.2. The van der Waals surface area contributed by atoms with Gasteiger partial charge in [0.05, 0.1) is 24.8 Å². The number of nitrogens with zero attached hydrogens (tertiary/aromatic N) is 1. The number of amides is 2. The minimum Gasteiger partial charge on any atom is -0.495 e. The molecular formula is C19H19ClN2O5. The Hall–Kier alpha value is -3.06. The minimum absolute atomic E-state index is 0.233. The van der Waals surface area contributed by atoms with Gasteiger partial charge in [0, 0.05) is 18.3 Å². The summed E-state index contributed by atoms with van der Waals surface area (Å²) in [6, 6.07) is 11.1. The van der Waals surface area contributed by atoms with Gasteiger partial charge in [0.1, 0.15) is 12.3 Å². The van der Waals surface area contributed by atoms with Crippen molar-refractivity contribution in [2.24, 2.45) is 0 Å². The number of ether oxygens (including phenoxy) is 2. The largest absolute Gasteiger partial charge is 0.495 e. The monoisotopic (exact) mass is 390 g/mol. The highest BCUT2D eigenvalue weighted by molar-refractivity contribution is 6.32. The number of rotatable bonds is 6. The molecule has 2 aromatic rings. The van der Waals surface area contributed by atoms with Crippen LogP contribution in [0.2, 0.25) is 5.02 Å². The van der Waals surface area contributed by atoms with Crippen LogP contribution >= 0.6 is 11.6 Å². The Kier molecular flexibility index (Phi) is 6.79. The zero-order valence-electron chi connectivity index (χ0n) is 15.1. The molecule has 0 spiro atoms. The fourth-order valence-electron chi connectivity index (χ4n) is 2.39. The van der Waals surface area contributed by atoms with Gasteiger partial charge in [-0.25, -0.2) is 4.79 Å². The summed E-state index contributed by atoms with van der Waals surface area (Å²) in [5, 5.41) is 3.02. The molecule has 0 radical (unpaired) electrons. The first kappa shape index (κ1) is 20.3. The Bertz CT molecular complexity index is 869. The number of methoxy groups -OCH3 is 2. The molecule has 0 aliphatic carbocycles. The van der Waals surface area contributed by atoms with Crippen molar-refractivity contribution in [3.8, 4) is 5.75 Å². The average Bonchev–Trinajstić information content (AvgIpc) is 2.65. The van der Waals surface area contributed by atoms with Gasteiger partial charge in [-0.3, -0.25) is 9.59 Å². The molecule has 0 aliphatic rings. The van der Waals surface area contributed by atoms with Crippen molar-refractivity contribution in [1.82, 2.24) is 0 Å². The first-order valence-electron chi connectivity index (χ1n) is 7.95. The third kappa shape index (κ3) is 5.21. The Morgan fingerprint density at radius 1 is 1.11 bits per heavy atom. The number of carbonyl (C=O) groups excluding carboxylic acids is 3. The van der Waals surface area contributed by atoms with Crippen molar-refractivity contribution in [3.05, 3.63) is 53.1 Å². The Morgan fingerprint density at radius 3 is 2.44 bits per heavy atom. The lowest BCUT2D eigenvalue weighted by Gasteiger charge is -2.21. The first-order valence-corrected chi connectivity index (χ1v) is 8.33. The highest BCUT2D eigenvalue weighted by Gasteiger charge is 2.18. The molecule has 0 aromatic heterocycles. The third-order valence-corrected chi connectivity index (χ3v) is 3.99. The molecule has 8 heteroatoms. The van der Waals surface area contributed by atoms with E-state index in [0.29, 0.717) is 22.1 Å². The van der Waals surface area contributed by atoms with Crippen molar-refractivity contribution in [3.63, 3.8) is 0 Å². The Morgan fingerprint density at radius 2 is 1.85 bits per heavy atom. The summed E-state index contributed by atoms with van der Waals surface area (Å²) in [5.41, 5.74) is 1.16. The molecule has 142 valence electrons. The van der Waals surface area contributed by atoms with Crippen molar-refractivity contribution in [2.75, 3.05) is 31.0 Å². The van der Waals surface area contributed by atoms with Crippen LogP contribution in [0.25, 0.3) is 0 Å². The summed E-state index contributed by atoms with van der Waals surface area (Å²) in [5.74, 6) is -0.813. The maximum atomic E-state index is 12.4. The standard InChI is InChI=1S/C19H19ClN2O5/c1-12(23)22(15-6-4-5-13(9-15)19(25)27-3)11-18(24)21-14-7-8-17(26-2)16(20)10-14/h4-10H,11H2,1-3H3,(H,21,24). The van der Waals surface area contributed by atoms with Crippen LogP contribution in [0.4, 0.5) is 11.4 Å². The smallest absolute Gasteiger partial charge is 0.337 e. The number of halogens is 1. The summed E-state index contributed by atoms with van der Waals surface area (Å²) in [4.78, 5) is 37.3. The van der Waals surface area contributed by atoms with Gasteiger partial charge >= 0.3 is 5.97 Å². The maximum Gasteiger partial charge on any atom is 0.337 e. The van der Waals surface area contributed by atoms with Gasteiger partial charge in [-0.1, -0.05) is 17.7 Å². The van der Waals surface area contributed by atoms with E-state index in [1.807, 2.05) is 0 Å². The molecule has 1 N–H and O–H groups in total. The molecular weight excluding hydrogens is 372 g/mol. The lowest BCUT2D eigenvalue weighted by molar-refractivity contribution is -0.120. The van der Waals surface area contributed by atoms with Gasteiger partial charge in [0.2, 0.25) is 11.8 Å². The van der Waals surface area contributed by atoms with Gasteiger partial charge in [0.15, 0.2) is 0 Å². The van der Waals surface area contributed by atoms with Crippen molar-refractivity contribution < 1.29 is 23.9 Å². The van der Waals surface area contributed by atoms with E-state index in [9.17, 15) is 14.4 Å². The van der Waals surface area contributed by atoms with Crippen molar-refractivity contribution in [2.45, 2.75) is 6.92 Å². The van der Waals surface area contributed by atoms with E-state index < -0.39 is 11.9 Å². The van der Waals surface area contributed by atoms with Crippen LogP contribution in [0, 0.1) is 0 Å². The fraction of sp³-hybridized carbons (Fsp3) is 0.211. The van der Waals surface area contributed by atoms with Crippen LogP contribution in [0.3, 0.4) is 0 Å². The van der Waals surface area contributed by atoms with E-state index in [-0.39, 0.29) is 18.0 Å². The van der Waals surface area contributed by atoms with E-state index in [1.54, 1.807) is 36.4 Å². The zero-order chi connectivity index (χ0) is 20.0. The molecule has 27 heavy (non-hydrogen) atoms. The second kappa shape index (κ2) is 9.05. The Labute approximate surface area is 161 Å². The van der Waals surface area contributed by atoms with E-state index in [0.717, 1.165) is 0 Å². The average molecular weight is 391 g/mol. The first-order chi connectivity index (χ1) is 12.8. The van der Waals surface area contributed by atoms with Crippen molar-refractivity contribution in [1.29, 1.82) is 0 Å². The summed E-state index contributed by atoms with van der Waals surface area (Å²) in [7, 11) is 2.76.